The number of esters is 1. The number of benzene rings is 1. The number of carbonyl (C=O) groups is 2. The number of piperidine rings is 1. The smallest absolute Gasteiger partial charge is 0.307 e. The monoisotopic (exact) mass is 450 g/mol. The average Bonchev–Trinajstić information content (AvgIpc) is 2.77. The standard InChI is InChI=1S/C24H38N2O6/c1-6-31-23(27)15-19-9-10-20(16-25-19)26(17(2)3)24(28)18-8-11-21(30-5)22(14-18)32-13-7-12-29-4/h8,11,14,17,19-20,25H,6-7,9-10,12-13,15-16H2,1-5H3. The molecule has 2 atom stereocenters. The fourth-order valence-electron chi connectivity index (χ4n) is 4.01. The Bertz CT molecular complexity index is 731. The van der Waals surface area contributed by atoms with Crippen LogP contribution in [-0.2, 0) is 14.3 Å². The second-order valence-electron chi connectivity index (χ2n) is 8.21. The molecule has 0 bridgehead atoms. The Balaban J connectivity index is 2.07. The predicted octanol–water partition coefficient (Wildman–Crippen LogP) is 3.03. The summed E-state index contributed by atoms with van der Waals surface area (Å²) in [6, 6.07) is 5.47. The molecular weight excluding hydrogens is 412 g/mol. The van der Waals surface area contributed by atoms with Gasteiger partial charge in [-0.15, -0.1) is 0 Å². The van der Waals surface area contributed by atoms with E-state index in [0.717, 1.165) is 19.3 Å². The zero-order chi connectivity index (χ0) is 23.5. The van der Waals surface area contributed by atoms with Crippen LogP contribution in [0.15, 0.2) is 18.2 Å². The largest absolute Gasteiger partial charge is 0.493 e. The number of ether oxygens (including phenoxy) is 4. The van der Waals surface area contributed by atoms with E-state index in [1.54, 1.807) is 32.4 Å². The molecule has 1 N–H and O–H groups in total. The number of nitrogens with zero attached hydrogens (tertiary/aromatic N) is 1. The molecule has 0 spiro atoms. The summed E-state index contributed by atoms with van der Waals surface area (Å²) in [6.45, 7) is 7.97. The number of nitrogens with one attached hydrogen (secondary N) is 1. The van der Waals surface area contributed by atoms with Crippen molar-refractivity contribution in [1.29, 1.82) is 0 Å². The maximum Gasteiger partial charge on any atom is 0.307 e. The third-order valence-corrected chi connectivity index (χ3v) is 5.55. The van der Waals surface area contributed by atoms with Crippen LogP contribution in [0, 0.1) is 0 Å². The highest BCUT2D eigenvalue weighted by Gasteiger charge is 2.32. The maximum atomic E-state index is 13.5. The first-order valence-electron chi connectivity index (χ1n) is 11.4. The Morgan fingerprint density at radius 1 is 1.16 bits per heavy atom. The predicted molar refractivity (Wildman–Crippen MR) is 122 cm³/mol. The van der Waals surface area contributed by atoms with E-state index in [0.29, 0.717) is 49.8 Å². The van der Waals surface area contributed by atoms with E-state index in [1.165, 1.54) is 0 Å². The molecule has 2 rings (SSSR count). The quantitative estimate of drug-likeness (QED) is 0.387. The molecule has 0 saturated carbocycles. The lowest BCUT2D eigenvalue weighted by Gasteiger charge is -2.40. The highest BCUT2D eigenvalue weighted by molar-refractivity contribution is 5.95. The molecule has 180 valence electrons. The molecule has 1 heterocycles. The third kappa shape index (κ3) is 7.38. The molecule has 0 aromatic heterocycles. The van der Waals surface area contributed by atoms with Crippen LogP contribution in [0.25, 0.3) is 0 Å². The summed E-state index contributed by atoms with van der Waals surface area (Å²) in [5, 5.41) is 3.42. The fourth-order valence-corrected chi connectivity index (χ4v) is 4.01. The minimum Gasteiger partial charge on any atom is -0.493 e. The minimum atomic E-state index is -0.184. The van der Waals surface area contributed by atoms with E-state index in [-0.39, 0.29) is 30.0 Å². The number of hydrogen-bond donors (Lipinski definition) is 1. The highest BCUT2D eigenvalue weighted by atomic mass is 16.5. The second kappa shape index (κ2) is 13.3. The van der Waals surface area contributed by atoms with Crippen LogP contribution in [0.2, 0.25) is 0 Å². The van der Waals surface area contributed by atoms with Crippen molar-refractivity contribution < 1.29 is 28.5 Å². The Morgan fingerprint density at radius 3 is 2.53 bits per heavy atom. The summed E-state index contributed by atoms with van der Waals surface area (Å²) in [4.78, 5) is 27.2. The number of carbonyl (C=O) groups excluding carboxylic acids is 2. The van der Waals surface area contributed by atoms with Gasteiger partial charge in [0.1, 0.15) is 0 Å². The van der Waals surface area contributed by atoms with Gasteiger partial charge >= 0.3 is 5.97 Å². The Morgan fingerprint density at radius 2 is 1.94 bits per heavy atom. The molecule has 32 heavy (non-hydrogen) atoms. The van der Waals surface area contributed by atoms with Crippen LogP contribution < -0.4 is 14.8 Å². The third-order valence-electron chi connectivity index (χ3n) is 5.55. The molecule has 1 aliphatic rings. The number of amides is 1. The van der Waals surface area contributed by atoms with E-state index in [2.05, 4.69) is 5.32 Å². The van der Waals surface area contributed by atoms with E-state index in [4.69, 9.17) is 18.9 Å². The lowest BCUT2D eigenvalue weighted by Crippen LogP contribution is -2.54. The van der Waals surface area contributed by atoms with E-state index in [9.17, 15) is 9.59 Å². The normalized spacial score (nSPS) is 18.3. The van der Waals surface area contributed by atoms with Crippen molar-refractivity contribution in [1.82, 2.24) is 10.2 Å². The summed E-state index contributed by atoms with van der Waals surface area (Å²) in [7, 11) is 3.24. The molecule has 8 heteroatoms. The Kier molecular flexibility index (Phi) is 10.8. The van der Waals surface area contributed by atoms with Crippen molar-refractivity contribution in [2.45, 2.75) is 64.6 Å². The second-order valence-corrected chi connectivity index (χ2v) is 8.21. The molecule has 8 nitrogen and oxygen atoms in total. The Hall–Kier alpha value is -2.32. The molecule has 0 radical (unpaired) electrons. The molecule has 2 unspecified atom stereocenters. The molecule has 1 amide bonds. The summed E-state index contributed by atoms with van der Waals surface area (Å²) in [6.07, 6.45) is 2.75. The molecule has 1 aromatic rings. The summed E-state index contributed by atoms with van der Waals surface area (Å²) in [5.41, 5.74) is 0.565. The number of methoxy groups -OCH3 is 2. The van der Waals surface area contributed by atoms with Crippen molar-refractivity contribution in [2.75, 3.05) is 40.6 Å². The lowest BCUT2D eigenvalue weighted by atomic mass is 9.96. The SMILES string of the molecule is CCOC(=O)CC1CCC(N(C(=O)c2ccc(OC)c(OCCCOC)c2)C(C)C)CN1. The minimum absolute atomic E-state index is 0.0316. The highest BCUT2D eigenvalue weighted by Crippen LogP contribution is 2.30. The van der Waals surface area contributed by atoms with Crippen molar-refractivity contribution in [3.05, 3.63) is 23.8 Å². The van der Waals surface area contributed by atoms with Crippen molar-refractivity contribution in [3.63, 3.8) is 0 Å². The first-order valence-corrected chi connectivity index (χ1v) is 11.4. The van der Waals surface area contributed by atoms with E-state index >= 15 is 0 Å². The first kappa shape index (κ1) is 25.9. The molecule has 1 aromatic carbocycles. The maximum absolute atomic E-state index is 13.5. The zero-order valence-corrected chi connectivity index (χ0v) is 20.0. The molecule has 1 fully saturated rings. The lowest BCUT2D eigenvalue weighted by molar-refractivity contribution is -0.143. The molecule has 0 aliphatic carbocycles. The summed E-state index contributed by atoms with van der Waals surface area (Å²) >= 11 is 0. The fraction of sp³-hybridized carbons (Fsp3) is 0.667. The van der Waals surface area contributed by atoms with Crippen LogP contribution in [0.5, 0.6) is 11.5 Å². The number of rotatable bonds is 12. The Labute approximate surface area is 191 Å². The van der Waals surface area contributed by atoms with Gasteiger partial charge in [0.15, 0.2) is 11.5 Å². The van der Waals surface area contributed by atoms with Gasteiger partial charge in [0.05, 0.1) is 26.7 Å². The zero-order valence-electron chi connectivity index (χ0n) is 20.0. The summed E-state index contributed by atoms with van der Waals surface area (Å²) in [5.74, 6) is 0.919. The number of hydrogen-bond acceptors (Lipinski definition) is 7. The van der Waals surface area contributed by atoms with Gasteiger partial charge in [-0.25, -0.2) is 0 Å². The van der Waals surface area contributed by atoms with Crippen LogP contribution in [0.4, 0.5) is 0 Å². The van der Waals surface area contributed by atoms with Crippen LogP contribution in [0.1, 0.15) is 56.8 Å². The van der Waals surface area contributed by atoms with Gasteiger partial charge in [-0.2, -0.15) is 0 Å². The van der Waals surface area contributed by atoms with E-state index in [1.807, 2.05) is 25.7 Å². The van der Waals surface area contributed by atoms with E-state index < -0.39 is 0 Å². The van der Waals surface area contributed by atoms with Gasteiger partial charge in [-0.3, -0.25) is 9.59 Å². The van der Waals surface area contributed by atoms with Crippen molar-refractivity contribution >= 4 is 11.9 Å². The van der Waals surface area contributed by atoms with Gasteiger partial charge in [-0.05, 0) is 51.8 Å². The van der Waals surface area contributed by atoms with Gasteiger partial charge in [0, 0.05) is 50.4 Å². The van der Waals surface area contributed by atoms with Gasteiger partial charge in [-0.1, -0.05) is 0 Å². The van der Waals surface area contributed by atoms with Crippen LogP contribution in [-0.4, -0.2) is 75.5 Å². The van der Waals surface area contributed by atoms with Crippen molar-refractivity contribution in [2.24, 2.45) is 0 Å². The van der Waals surface area contributed by atoms with Crippen molar-refractivity contribution in [3.8, 4) is 11.5 Å². The molecule has 1 saturated heterocycles. The molecule has 1 aliphatic heterocycles. The first-order chi connectivity index (χ1) is 15.4. The van der Waals surface area contributed by atoms with Gasteiger partial charge in [0.25, 0.3) is 5.91 Å². The van der Waals surface area contributed by atoms with Crippen LogP contribution >= 0.6 is 0 Å². The summed E-state index contributed by atoms with van der Waals surface area (Å²) < 4.78 is 21.4. The van der Waals surface area contributed by atoms with Gasteiger partial charge in [0.2, 0.25) is 0 Å². The average molecular weight is 451 g/mol. The molecular formula is C24H38N2O6. The topological polar surface area (TPSA) is 86.3 Å². The van der Waals surface area contributed by atoms with Gasteiger partial charge < -0.3 is 29.2 Å². The van der Waals surface area contributed by atoms with Crippen LogP contribution in [0.3, 0.4) is 0 Å².